The van der Waals surface area contributed by atoms with Crippen molar-refractivity contribution in [1.82, 2.24) is 25.2 Å². The number of carbonyl (C=O) groups excluding carboxylic acids is 1. The van der Waals surface area contributed by atoms with Crippen molar-refractivity contribution in [2.45, 2.75) is 24.9 Å². The van der Waals surface area contributed by atoms with Crippen LogP contribution in [0.25, 0.3) is 0 Å². The van der Waals surface area contributed by atoms with Crippen LogP contribution >= 0.6 is 0 Å². The van der Waals surface area contributed by atoms with Crippen LogP contribution in [0.2, 0.25) is 0 Å². The molecule has 5 N–H and O–H groups in total. The SMILES string of the molecule is Cn1ncc2c1[C@@H](C(=NCCCCN)NO)N1C[C@H]2N(OS(=O)(=O)O)C1=O. The summed E-state index contributed by atoms with van der Waals surface area (Å²) in [4.78, 5) is 18.3. The van der Waals surface area contributed by atoms with Crippen molar-refractivity contribution < 1.29 is 27.3 Å². The molecule has 1 fully saturated rings. The van der Waals surface area contributed by atoms with Gasteiger partial charge in [-0.3, -0.25) is 24.9 Å². The van der Waals surface area contributed by atoms with E-state index in [1.54, 1.807) is 7.05 Å². The molecule has 3 rings (SSSR count). The first-order valence-corrected chi connectivity index (χ1v) is 9.58. The van der Waals surface area contributed by atoms with Crippen molar-refractivity contribution >= 4 is 22.3 Å². The van der Waals surface area contributed by atoms with Crippen LogP contribution in [0.5, 0.6) is 0 Å². The highest BCUT2D eigenvalue weighted by Gasteiger charge is 2.53. The largest absolute Gasteiger partial charge is 0.418 e. The van der Waals surface area contributed by atoms with Gasteiger partial charge in [0.2, 0.25) is 0 Å². The minimum atomic E-state index is -4.89. The summed E-state index contributed by atoms with van der Waals surface area (Å²) >= 11 is 0. The van der Waals surface area contributed by atoms with Crippen molar-refractivity contribution in [3.05, 3.63) is 17.5 Å². The number of nitrogens with two attached hydrogens (primary N) is 1. The van der Waals surface area contributed by atoms with Gasteiger partial charge in [0.1, 0.15) is 17.9 Å². The summed E-state index contributed by atoms with van der Waals surface area (Å²) in [6.45, 7) is 0.961. The molecule has 2 bridgehead atoms. The first-order chi connectivity index (χ1) is 12.8. The lowest BCUT2D eigenvalue weighted by Crippen LogP contribution is -2.44. The molecule has 2 aliphatic heterocycles. The first kappa shape index (κ1) is 19.5. The molecule has 1 saturated heterocycles. The molecule has 1 aromatic heterocycles. The van der Waals surface area contributed by atoms with E-state index in [1.165, 1.54) is 15.8 Å². The number of amides is 2. The van der Waals surface area contributed by atoms with Gasteiger partial charge in [-0.15, -0.1) is 4.28 Å². The summed E-state index contributed by atoms with van der Waals surface area (Å²) < 4.78 is 37.2. The molecular weight excluding hydrogens is 382 g/mol. The lowest BCUT2D eigenvalue weighted by molar-refractivity contribution is -0.0316. The van der Waals surface area contributed by atoms with Crippen molar-refractivity contribution in [1.29, 1.82) is 0 Å². The summed E-state index contributed by atoms with van der Waals surface area (Å²) in [6.07, 6.45) is 2.93. The Morgan fingerprint density at radius 2 is 2.26 bits per heavy atom. The Morgan fingerprint density at radius 1 is 1.52 bits per heavy atom. The third-order valence-corrected chi connectivity index (χ3v) is 4.82. The average molecular weight is 403 g/mol. The van der Waals surface area contributed by atoms with Crippen molar-refractivity contribution in [2.75, 3.05) is 19.6 Å². The number of hydroxylamine groups is 3. The number of urea groups is 1. The molecule has 27 heavy (non-hydrogen) atoms. The van der Waals surface area contributed by atoms with E-state index in [2.05, 4.69) is 14.4 Å². The van der Waals surface area contributed by atoms with E-state index in [9.17, 15) is 18.4 Å². The molecule has 0 unspecified atom stereocenters. The fourth-order valence-corrected chi connectivity index (χ4v) is 3.71. The van der Waals surface area contributed by atoms with Gasteiger partial charge >= 0.3 is 16.4 Å². The van der Waals surface area contributed by atoms with Gasteiger partial charge in [0.15, 0.2) is 0 Å². The van der Waals surface area contributed by atoms with Gasteiger partial charge in [-0.05, 0) is 19.4 Å². The first-order valence-electron chi connectivity index (χ1n) is 8.21. The van der Waals surface area contributed by atoms with Gasteiger partial charge in [0.25, 0.3) is 0 Å². The van der Waals surface area contributed by atoms with E-state index >= 15 is 0 Å². The molecule has 0 saturated carbocycles. The summed E-state index contributed by atoms with van der Waals surface area (Å²) in [7, 11) is -3.24. The third kappa shape index (κ3) is 3.61. The Bertz CT molecular complexity index is 853. The maximum atomic E-state index is 12.7. The van der Waals surface area contributed by atoms with Crippen LogP contribution < -0.4 is 11.2 Å². The van der Waals surface area contributed by atoms with Crippen molar-refractivity contribution in [3.8, 4) is 0 Å². The van der Waals surface area contributed by atoms with E-state index in [1.807, 2.05) is 5.48 Å². The molecule has 3 heterocycles. The fraction of sp³-hybridized carbons (Fsp3) is 0.615. The number of hydrogen-bond donors (Lipinski definition) is 4. The zero-order valence-electron chi connectivity index (χ0n) is 14.5. The second kappa shape index (κ2) is 7.40. The van der Waals surface area contributed by atoms with Gasteiger partial charge in [-0.2, -0.15) is 18.6 Å². The number of carbonyl (C=O) groups is 1. The number of unbranched alkanes of at least 4 members (excludes halogenated alkanes) is 1. The van der Waals surface area contributed by atoms with Crippen molar-refractivity contribution in [3.63, 3.8) is 0 Å². The highest BCUT2D eigenvalue weighted by molar-refractivity contribution is 7.80. The number of hydrogen-bond acceptors (Lipinski definition) is 8. The van der Waals surface area contributed by atoms with Crippen LogP contribution in [-0.4, -0.2) is 69.4 Å². The Labute approximate surface area is 155 Å². The van der Waals surface area contributed by atoms with Gasteiger partial charge in [0, 0.05) is 19.2 Å². The van der Waals surface area contributed by atoms with Crippen LogP contribution in [-0.2, 0) is 21.7 Å². The Morgan fingerprint density at radius 3 is 2.89 bits per heavy atom. The number of rotatable bonds is 7. The van der Waals surface area contributed by atoms with Crippen LogP contribution in [0.15, 0.2) is 11.2 Å². The second-order valence-electron chi connectivity index (χ2n) is 6.16. The predicted octanol–water partition coefficient (Wildman–Crippen LogP) is -0.896. The van der Waals surface area contributed by atoms with Gasteiger partial charge in [0.05, 0.1) is 18.4 Å². The van der Waals surface area contributed by atoms with Crippen LogP contribution in [0.1, 0.15) is 36.2 Å². The minimum absolute atomic E-state index is 0.0706. The van der Waals surface area contributed by atoms with E-state index in [0.717, 1.165) is 6.42 Å². The van der Waals surface area contributed by atoms with E-state index in [0.29, 0.717) is 35.8 Å². The second-order valence-corrected chi connectivity index (χ2v) is 7.17. The summed E-state index contributed by atoms with van der Waals surface area (Å²) in [5.41, 5.74) is 8.55. The molecule has 1 aromatic rings. The molecule has 2 atom stereocenters. The number of aromatic nitrogens is 2. The third-order valence-electron chi connectivity index (χ3n) is 4.47. The molecule has 150 valence electrons. The zero-order valence-corrected chi connectivity index (χ0v) is 15.3. The molecular formula is C13H21N7O6S. The molecule has 2 amide bonds. The lowest BCUT2D eigenvalue weighted by Gasteiger charge is -2.31. The topological polar surface area (TPSA) is 176 Å². The average Bonchev–Trinajstić information content (AvgIpc) is 3.10. The quantitative estimate of drug-likeness (QED) is 0.148. The molecule has 13 nitrogen and oxygen atoms in total. The highest BCUT2D eigenvalue weighted by atomic mass is 32.3. The fourth-order valence-electron chi connectivity index (χ4n) is 3.34. The molecule has 0 radical (unpaired) electrons. The minimum Gasteiger partial charge on any atom is -0.330 e. The standard InChI is InChI=1S/C13H21N7O6S/c1-18-10-8(6-16-18)9-7-19(13(21)20(9)26-27(23,24)25)11(10)12(17-22)15-5-3-2-4-14/h6,9,11,22H,2-5,7,14H2,1H3,(H,15,17)(H,23,24,25)/t9-,11+/m1/s1. The van der Waals surface area contributed by atoms with Crippen LogP contribution in [0.4, 0.5) is 4.79 Å². The Kier molecular flexibility index (Phi) is 5.34. The van der Waals surface area contributed by atoms with Gasteiger partial charge in [-0.1, -0.05) is 0 Å². The number of aryl methyl sites for hydroxylation is 1. The summed E-state index contributed by atoms with van der Waals surface area (Å²) in [6, 6.07) is -2.39. The normalized spacial score (nSPS) is 22.4. The summed E-state index contributed by atoms with van der Waals surface area (Å²) in [5, 5.41) is 14.3. The lowest BCUT2D eigenvalue weighted by atomic mass is 9.97. The molecule has 2 aliphatic rings. The van der Waals surface area contributed by atoms with E-state index in [4.69, 9.17) is 10.3 Å². The molecule has 0 aromatic carbocycles. The molecule has 14 heteroatoms. The molecule has 0 spiro atoms. The van der Waals surface area contributed by atoms with Gasteiger partial charge < -0.3 is 10.6 Å². The van der Waals surface area contributed by atoms with Crippen LogP contribution in [0, 0.1) is 0 Å². The zero-order chi connectivity index (χ0) is 19.8. The van der Waals surface area contributed by atoms with E-state index in [-0.39, 0.29) is 12.4 Å². The van der Waals surface area contributed by atoms with Crippen molar-refractivity contribution in [2.24, 2.45) is 17.8 Å². The Hall–Kier alpha value is -2.26. The van der Waals surface area contributed by atoms with Gasteiger partial charge in [-0.25, -0.2) is 4.79 Å². The number of fused-ring (bicyclic) bond motifs is 4. The van der Waals surface area contributed by atoms with Crippen LogP contribution in [0.3, 0.4) is 0 Å². The Balaban J connectivity index is 1.99. The number of nitrogens with one attached hydrogen (secondary N) is 1. The highest BCUT2D eigenvalue weighted by Crippen LogP contribution is 2.44. The maximum Gasteiger partial charge on any atom is 0.418 e. The van der Waals surface area contributed by atoms with E-state index < -0.39 is 28.5 Å². The molecule has 0 aliphatic carbocycles. The smallest absolute Gasteiger partial charge is 0.330 e. The number of amidine groups is 1. The summed E-state index contributed by atoms with van der Waals surface area (Å²) in [5.74, 6) is 0.109. The number of aliphatic imine (C=N–C) groups is 1. The predicted molar refractivity (Wildman–Crippen MR) is 90.8 cm³/mol. The maximum absolute atomic E-state index is 12.7. The monoisotopic (exact) mass is 403 g/mol. The number of nitrogens with zero attached hydrogens (tertiary/aromatic N) is 5.